The molecule has 0 bridgehead atoms. The zero-order valence-electron chi connectivity index (χ0n) is 16.2. The van der Waals surface area contributed by atoms with E-state index in [2.05, 4.69) is 27.8 Å². The van der Waals surface area contributed by atoms with Gasteiger partial charge in [-0.1, -0.05) is 13.3 Å². The summed E-state index contributed by atoms with van der Waals surface area (Å²) in [5.74, 6) is 1.67. The third-order valence-corrected chi connectivity index (χ3v) is 4.51. The third-order valence-electron chi connectivity index (χ3n) is 4.51. The zero-order chi connectivity index (χ0) is 20.2. The number of amides is 1. The highest BCUT2D eigenvalue weighted by molar-refractivity contribution is 5.95. The number of hydrogen-bond donors (Lipinski definition) is 1. The molecule has 9 heteroatoms. The van der Waals surface area contributed by atoms with E-state index in [-0.39, 0.29) is 12.7 Å². The van der Waals surface area contributed by atoms with Crippen molar-refractivity contribution in [2.45, 2.75) is 32.8 Å². The summed E-state index contributed by atoms with van der Waals surface area (Å²) in [4.78, 5) is 12.7. The summed E-state index contributed by atoms with van der Waals surface area (Å²) in [6, 6.07) is 10.9. The van der Waals surface area contributed by atoms with Crippen LogP contribution >= 0.6 is 0 Å². The Balaban J connectivity index is 1.43. The smallest absolute Gasteiger partial charge is 0.265 e. The van der Waals surface area contributed by atoms with Crippen molar-refractivity contribution in [3.63, 3.8) is 0 Å². The van der Waals surface area contributed by atoms with Gasteiger partial charge in [-0.15, -0.1) is 5.10 Å². The van der Waals surface area contributed by atoms with Crippen LogP contribution in [0, 0.1) is 0 Å². The predicted molar refractivity (Wildman–Crippen MR) is 104 cm³/mol. The van der Waals surface area contributed by atoms with Gasteiger partial charge in [-0.2, -0.15) is 0 Å². The minimum Gasteiger partial charge on any atom is -0.481 e. The van der Waals surface area contributed by atoms with Crippen molar-refractivity contribution in [2.75, 3.05) is 12.1 Å². The number of aromatic nitrogens is 4. The number of ether oxygens (including phenoxy) is 3. The molecule has 1 aliphatic rings. The second-order valence-electron chi connectivity index (χ2n) is 6.61. The van der Waals surface area contributed by atoms with Crippen LogP contribution in [-0.2, 0) is 11.2 Å². The van der Waals surface area contributed by atoms with Crippen LogP contribution in [0.1, 0.15) is 25.8 Å². The van der Waals surface area contributed by atoms with E-state index >= 15 is 0 Å². The highest BCUT2D eigenvalue weighted by Gasteiger charge is 2.21. The van der Waals surface area contributed by atoms with Gasteiger partial charge in [0.15, 0.2) is 17.6 Å². The Labute approximate surface area is 167 Å². The van der Waals surface area contributed by atoms with Crippen LogP contribution in [0.15, 0.2) is 42.7 Å². The Bertz CT molecular complexity index is 989. The van der Waals surface area contributed by atoms with E-state index in [0.717, 1.165) is 24.1 Å². The highest BCUT2D eigenvalue weighted by Crippen LogP contribution is 2.37. The quantitative estimate of drug-likeness (QED) is 0.656. The number of rotatable bonds is 7. The fourth-order valence-electron chi connectivity index (χ4n) is 3.03. The number of hydrogen-bond acceptors (Lipinski definition) is 7. The van der Waals surface area contributed by atoms with E-state index in [1.807, 2.05) is 18.2 Å². The first-order valence-corrected chi connectivity index (χ1v) is 9.37. The van der Waals surface area contributed by atoms with Crippen molar-refractivity contribution in [1.82, 2.24) is 20.2 Å². The molecule has 1 aromatic heterocycles. The minimum atomic E-state index is -0.686. The first kappa shape index (κ1) is 18.7. The molecule has 29 heavy (non-hydrogen) atoms. The SMILES string of the molecule is CCCc1cc2c(cc1NC(=O)[C@@H](C)Oc1ccc(-n3cnnn3)cc1)OCO2. The summed E-state index contributed by atoms with van der Waals surface area (Å²) in [5, 5.41) is 14.0. The third kappa shape index (κ3) is 4.13. The van der Waals surface area contributed by atoms with E-state index in [9.17, 15) is 4.79 Å². The normalized spacial score (nSPS) is 13.2. The molecular formula is C20H21N5O4. The fraction of sp³-hybridized carbons (Fsp3) is 0.300. The lowest BCUT2D eigenvalue weighted by atomic mass is 10.1. The number of nitrogens with zero attached hydrogens (tertiary/aromatic N) is 4. The van der Waals surface area contributed by atoms with Crippen LogP contribution in [0.2, 0.25) is 0 Å². The maximum absolute atomic E-state index is 12.7. The van der Waals surface area contributed by atoms with Crippen molar-refractivity contribution in [3.05, 3.63) is 48.3 Å². The maximum atomic E-state index is 12.7. The molecule has 0 fully saturated rings. The van der Waals surface area contributed by atoms with Gasteiger partial charge in [0.1, 0.15) is 12.1 Å². The number of anilines is 1. The molecule has 0 aliphatic carbocycles. The van der Waals surface area contributed by atoms with Gasteiger partial charge in [-0.25, -0.2) is 4.68 Å². The zero-order valence-corrected chi connectivity index (χ0v) is 16.2. The number of carbonyl (C=O) groups is 1. The predicted octanol–water partition coefficient (Wildman–Crippen LogP) is 2.75. The standard InChI is InChI=1S/C20H21N5O4/c1-3-4-14-9-18-19(28-12-27-18)10-17(14)22-20(26)13(2)29-16-7-5-15(6-8-16)25-11-21-23-24-25/h5-11,13H,3-4,12H2,1-2H3,(H,22,26)/t13-/m1/s1. The van der Waals surface area contributed by atoms with Crippen molar-refractivity contribution in [3.8, 4) is 22.9 Å². The van der Waals surface area contributed by atoms with Crippen LogP contribution in [0.3, 0.4) is 0 Å². The van der Waals surface area contributed by atoms with Crippen molar-refractivity contribution in [2.24, 2.45) is 0 Å². The first-order chi connectivity index (χ1) is 14.1. The van der Waals surface area contributed by atoms with Gasteiger partial charge in [0.2, 0.25) is 6.79 Å². The largest absolute Gasteiger partial charge is 0.481 e. The van der Waals surface area contributed by atoms with Gasteiger partial charge < -0.3 is 19.5 Å². The summed E-state index contributed by atoms with van der Waals surface area (Å²) in [7, 11) is 0. The lowest BCUT2D eigenvalue weighted by Crippen LogP contribution is -2.30. The highest BCUT2D eigenvalue weighted by atomic mass is 16.7. The van der Waals surface area contributed by atoms with Crippen molar-refractivity contribution < 1.29 is 19.0 Å². The molecule has 0 saturated heterocycles. The summed E-state index contributed by atoms with van der Waals surface area (Å²) in [6.45, 7) is 3.98. The van der Waals surface area contributed by atoms with Gasteiger partial charge in [-0.05, 0) is 59.7 Å². The van der Waals surface area contributed by atoms with Gasteiger partial charge in [-0.3, -0.25) is 4.79 Å². The molecule has 1 N–H and O–H groups in total. The Morgan fingerprint density at radius 1 is 1.24 bits per heavy atom. The van der Waals surface area contributed by atoms with Crippen molar-refractivity contribution in [1.29, 1.82) is 0 Å². The topological polar surface area (TPSA) is 100 Å². The van der Waals surface area contributed by atoms with Crippen molar-refractivity contribution >= 4 is 11.6 Å². The van der Waals surface area contributed by atoms with Gasteiger partial charge in [0.05, 0.1) is 5.69 Å². The Morgan fingerprint density at radius 2 is 2.00 bits per heavy atom. The Morgan fingerprint density at radius 3 is 2.69 bits per heavy atom. The van der Waals surface area contributed by atoms with Crippen LogP contribution < -0.4 is 19.5 Å². The molecule has 150 valence electrons. The summed E-state index contributed by atoms with van der Waals surface area (Å²) < 4.78 is 18.2. The molecule has 1 atom stereocenters. The number of tetrazole rings is 1. The monoisotopic (exact) mass is 395 g/mol. The fourth-order valence-corrected chi connectivity index (χ4v) is 3.03. The number of carbonyl (C=O) groups excluding carboxylic acids is 1. The molecule has 0 unspecified atom stereocenters. The lowest BCUT2D eigenvalue weighted by Gasteiger charge is -2.17. The van der Waals surface area contributed by atoms with Crippen LogP contribution in [-0.4, -0.2) is 39.0 Å². The first-order valence-electron chi connectivity index (χ1n) is 9.37. The average Bonchev–Trinajstić information content (AvgIpc) is 3.40. The Kier molecular flexibility index (Phi) is 5.28. The van der Waals surface area contributed by atoms with E-state index in [1.165, 1.54) is 11.0 Å². The number of aryl methyl sites for hydroxylation is 1. The van der Waals surface area contributed by atoms with E-state index in [4.69, 9.17) is 14.2 Å². The summed E-state index contributed by atoms with van der Waals surface area (Å²) in [5.41, 5.74) is 2.51. The van der Waals surface area contributed by atoms with Crippen LogP contribution in [0.25, 0.3) is 5.69 Å². The molecule has 1 amide bonds. The summed E-state index contributed by atoms with van der Waals surface area (Å²) in [6.07, 6.45) is 2.59. The second kappa shape index (κ2) is 8.17. The molecule has 0 spiro atoms. The number of nitrogens with one attached hydrogen (secondary N) is 1. The van der Waals surface area contributed by atoms with Crippen LogP contribution in [0.4, 0.5) is 5.69 Å². The molecular weight excluding hydrogens is 374 g/mol. The van der Waals surface area contributed by atoms with Gasteiger partial charge in [0, 0.05) is 11.8 Å². The lowest BCUT2D eigenvalue weighted by molar-refractivity contribution is -0.122. The van der Waals surface area contributed by atoms with Gasteiger partial charge in [0.25, 0.3) is 5.91 Å². The van der Waals surface area contributed by atoms with Gasteiger partial charge >= 0.3 is 0 Å². The minimum absolute atomic E-state index is 0.193. The molecule has 2 heterocycles. The van der Waals surface area contributed by atoms with E-state index in [1.54, 1.807) is 25.1 Å². The average molecular weight is 395 g/mol. The summed E-state index contributed by atoms with van der Waals surface area (Å²) >= 11 is 0. The Hall–Kier alpha value is -3.62. The number of fused-ring (bicyclic) bond motifs is 1. The number of benzene rings is 2. The molecule has 1 aliphatic heterocycles. The van der Waals surface area contributed by atoms with E-state index in [0.29, 0.717) is 22.9 Å². The van der Waals surface area contributed by atoms with E-state index < -0.39 is 6.10 Å². The maximum Gasteiger partial charge on any atom is 0.265 e. The molecule has 4 rings (SSSR count). The second-order valence-corrected chi connectivity index (χ2v) is 6.61. The van der Waals surface area contributed by atoms with Crippen LogP contribution in [0.5, 0.6) is 17.2 Å². The molecule has 0 radical (unpaired) electrons. The molecule has 0 saturated carbocycles. The molecule has 9 nitrogen and oxygen atoms in total. The molecule has 2 aromatic carbocycles. The molecule has 3 aromatic rings.